The summed E-state index contributed by atoms with van der Waals surface area (Å²) in [5.41, 5.74) is 6.18. The molecule has 222 valence electrons. The van der Waals surface area contributed by atoms with Gasteiger partial charge in [-0.15, -0.1) is 0 Å². The molecule has 2 N–H and O–H groups in total. The van der Waals surface area contributed by atoms with Crippen LogP contribution in [0.25, 0.3) is 0 Å². The number of hydrazine groups is 1. The van der Waals surface area contributed by atoms with Crippen LogP contribution >= 0.6 is 11.6 Å². The standard InChI is InChI=1S/C29H39ClFN7O3/c30-29-32-26(25(31)27(33-29)37-15-14-36-13-7-6-12-24(36)18-37)34-35-28(40)23(16-21-8-4-5-9-21)17-38(20-39)41-19-22-10-2-1-3-11-22/h1-3,10-11,20-21,23-24H,4-9,12-19H2,(H,35,40)(H,32,33,34)/t23-,24?/m1/s1. The lowest BCUT2D eigenvalue weighted by molar-refractivity contribution is -0.182. The fraction of sp³-hybridized carbons (Fsp3) is 0.586. The van der Waals surface area contributed by atoms with Gasteiger partial charge >= 0.3 is 0 Å². The van der Waals surface area contributed by atoms with Gasteiger partial charge in [-0.25, -0.2) is 5.06 Å². The third-order valence-electron chi connectivity index (χ3n) is 8.47. The molecule has 41 heavy (non-hydrogen) atoms. The van der Waals surface area contributed by atoms with Crippen molar-refractivity contribution in [2.45, 2.75) is 64.0 Å². The van der Waals surface area contributed by atoms with E-state index in [1.54, 1.807) is 0 Å². The van der Waals surface area contributed by atoms with Gasteiger partial charge in [-0.1, -0.05) is 62.4 Å². The smallest absolute Gasteiger partial charge is 0.243 e. The molecule has 0 spiro atoms. The lowest BCUT2D eigenvalue weighted by Gasteiger charge is -2.44. The molecular formula is C29H39ClFN7O3. The molecule has 1 aromatic carbocycles. The number of hydrogen-bond acceptors (Lipinski definition) is 8. The van der Waals surface area contributed by atoms with Gasteiger partial charge in [-0.2, -0.15) is 14.4 Å². The van der Waals surface area contributed by atoms with Crippen molar-refractivity contribution in [2.75, 3.05) is 43.0 Å². The van der Waals surface area contributed by atoms with Crippen molar-refractivity contribution < 1.29 is 18.8 Å². The van der Waals surface area contributed by atoms with Crippen LogP contribution in [0.2, 0.25) is 5.28 Å². The zero-order chi connectivity index (χ0) is 28.6. The van der Waals surface area contributed by atoms with E-state index in [0.29, 0.717) is 37.9 Å². The number of nitrogens with one attached hydrogen (secondary N) is 2. The van der Waals surface area contributed by atoms with Crippen LogP contribution in [0.4, 0.5) is 16.0 Å². The number of piperazine rings is 1. The van der Waals surface area contributed by atoms with Crippen LogP contribution in [0.15, 0.2) is 30.3 Å². The lowest BCUT2D eigenvalue weighted by atomic mass is 9.92. The molecule has 1 aromatic heterocycles. The number of fused-ring (bicyclic) bond motifs is 1. The number of anilines is 2. The van der Waals surface area contributed by atoms with E-state index in [2.05, 4.69) is 25.7 Å². The number of amides is 2. The van der Waals surface area contributed by atoms with Crippen molar-refractivity contribution in [3.8, 4) is 0 Å². The first-order chi connectivity index (χ1) is 20.0. The number of aromatic nitrogens is 2. The minimum Gasteiger partial charge on any atom is -0.351 e. The molecular weight excluding hydrogens is 549 g/mol. The molecule has 2 atom stereocenters. The number of rotatable bonds is 12. The van der Waals surface area contributed by atoms with Gasteiger partial charge in [0.2, 0.25) is 23.4 Å². The minimum atomic E-state index is -0.660. The second-order valence-electron chi connectivity index (χ2n) is 11.3. The number of carbonyl (C=O) groups excluding carboxylic acids is 2. The summed E-state index contributed by atoms with van der Waals surface area (Å²) in [6, 6.07) is 9.87. The van der Waals surface area contributed by atoms with Gasteiger partial charge in [0.25, 0.3) is 0 Å². The van der Waals surface area contributed by atoms with Gasteiger partial charge in [0.1, 0.15) is 6.61 Å². The summed E-state index contributed by atoms with van der Waals surface area (Å²) in [7, 11) is 0. The first-order valence-corrected chi connectivity index (χ1v) is 15.0. The summed E-state index contributed by atoms with van der Waals surface area (Å²) in [5.74, 6) is -1.28. The SMILES string of the molecule is O=CN(C[C@@H](CC1CCCC1)C(=O)NNc1nc(Cl)nc(N2CCN3CCCCC3C2)c1F)OCc1ccccc1. The summed E-state index contributed by atoms with van der Waals surface area (Å²) < 4.78 is 15.6. The van der Waals surface area contributed by atoms with E-state index >= 15 is 4.39 Å². The van der Waals surface area contributed by atoms with Crippen LogP contribution in [0.1, 0.15) is 56.9 Å². The van der Waals surface area contributed by atoms with Gasteiger partial charge in [0.15, 0.2) is 11.6 Å². The molecule has 1 aliphatic carbocycles. The molecule has 2 amide bonds. The van der Waals surface area contributed by atoms with Crippen LogP contribution in [-0.4, -0.2) is 71.0 Å². The van der Waals surface area contributed by atoms with E-state index in [1.807, 2.05) is 35.2 Å². The van der Waals surface area contributed by atoms with Gasteiger partial charge in [-0.3, -0.25) is 30.2 Å². The van der Waals surface area contributed by atoms with E-state index in [4.69, 9.17) is 16.4 Å². The van der Waals surface area contributed by atoms with Crippen LogP contribution < -0.4 is 15.8 Å². The summed E-state index contributed by atoms with van der Waals surface area (Å²) >= 11 is 6.20. The molecule has 3 fully saturated rings. The average Bonchev–Trinajstić information content (AvgIpc) is 3.52. The summed E-state index contributed by atoms with van der Waals surface area (Å²) in [5, 5.41) is 1.06. The number of piperidine rings is 1. The highest BCUT2D eigenvalue weighted by Gasteiger charge is 2.32. The highest BCUT2D eigenvalue weighted by atomic mass is 35.5. The molecule has 2 aliphatic heterocycles. The third-order valence-corrected chi connectivity index (χ3v) is 8.64. The van der Waals surface area contributed by atoms with E-state index < -0.39 is 11.7 Å². The number of hydrogen-bond donors (Lipinski definition) is 2. The predicted molar refractivity (Wildman–Crippen MR) is 154 cm³/mol. The monoisotopic (exact) mass is 587 g/mol. The number of halogens is 2. The highest BCUT2D eigenvalue weighted by Crippen LogP contribution is 2.31. The molecule has 1 saturated carbocycles. The number of hydroxylamine groups is 2. The van der Waals surface area contributed by atoms with E-state index in [-0.39, 0.29) is 36.0 Å². The number of benzene rings is 1. The lowest BCUT2D eigenvalue weighted by Crippen LogP contribution is -2.55. The van der Waals surface area contributed by atoms with Crippen molar-refractivity contribution in [3.63, 3.8) is 0 Å². The fourth-order valence-corrected chi connectivity index (χ4v) is 6.42. The molecule has 12 heteroatoms. The Balaban J connectivity index is 1.24. The Morgan fingerprint density at radius 2 is 1.90 bits per heavy atom. The van der Waals surface area contributed by atoms with Gasteiger partial charge < -0.3 is 4.90 Å². The molecule has 10 nitrogen and oxygen atoms in total. The van der Waals surface area contributed by atoms with Crippen LogP contribution in [-0.2, 0) is 21.0 Å². The van der Waals surface area contributed by atoms with E-state index in [0.717, 1.165) is 55.8 Å². The van der Waals surface area contributed by atoms with E-state index in [9.17, 15) is 9.59 Å². The summed E-state index contributed by atoms with van der Waals surface area (Å²) in [6.45, 7) is 3.51. The Hall–Kier alpha value is -3.02. The maximum atomic E-state index is 15.6. The predicted octanol–water partition coefficient (Wildman–Crippen LogP) is 4.17. The highest BCUT2D eigenvalue weighted by molar-refractivity contribution is 6.28. The molecule has 3 aliphatic rings. The molecule has 0 bridgehead atoms. The quantitative estimate of drug-likeness (QED) is 0.217. The molecule has 5 rings (SSSR count). The Kier molecular flexibility index (Phi) is 10.2. The minimum absolute atomic E-state index is 0.0737. The maximum Gasteiger partial charge on any atom is 0.243 e. The Morgan fingerprint density at radius 3 is 2.68 bits per heavy atom. The first kappa shape index (κ1) is 29.5. The van der Waals surface area contributed by atoms with Crippen LogP contribution in [0, 0.1) is 17.7 Å². The van der Waals surface area contributed by atoms with Gasteiger partial charge in [0, 0.05) is 25.7 Å². The van der Waals surface area contributed by atoms with E-state index in [1.165, 1.54) is 12.8 Å². The Labute approximate surface area is 245 Å². The van der Waals surface area contributed by atoms with Crippen molar-refractivity contribution in [1.29, 1.82) is 0 Å². The van der Waals surface area contributed by atoms with Gasteiger partial charge in [-0.05, 0) is 48.9 Å². The van der Waals surface area contributed by atoms with Crippen molar-refractivity contribution in [3.05, 3.63) is 47.0 Å². The number of carbonyl (C=O) groups is 2. The molecule has 1 unspecified atom stereocenters. The van der Waals surface area contributed by atoms with Crippen molar-refractivity contribution >= 4 is 35.6 Å². The Morgan fingerprint density at radius 1 is 1.12 bits per heavy atom. The molecule has 2 saturated heterocycles. The third kappa shape index (κ3) is 7.84. The zero-order valence-electron chi connectivity index (χ0n) is 23.3. The normalized spacial score (nSPS) is 20.3. The fourth-order valence-electron chi connectivity index (χ4n) is 6.26. The van der Waals surface area contributed by atoms with Crippen LogP contribution in [0.5, 0.6) is 0 Å². The van der Waals surface area contributed by atoms with Crippen molar-refractivity contribution in [1.82, 2.24) is 25.4 Å². The summed E-state index contributed by atoms with van der Waals surface area (Å²) in [6.07, 6.45) is 8.96. The second kappa shape index (κ2) is 14.2. The zero-order valence-corrected chi connectivity index (χ0v) is 24.1. The summed E-state index contributed by atoms with van der Waals surface area (Å²) in [4.78, 5) is 43.5. The molecule has 2 aromatic rings. The van der Waals surface area contributed by atoms with Gasteiger partial charge in [0.05, 0.1) is 12.5 Å². The Bertz CT molecular complexity index is 1170. The maximum absolute atomic E-state index is 15.6. The topological polar surface area (TPSA) is 103 Å². The average molecular weight is 588 g/mol. The molecule has 3 heterocycles. The number of nitrogens with zero attached hydrogens (tertiary/aromatic N) is 5. The van der Waals surface area contributed by atoms with Crippen molar-refractivity contribution in [2.24, 2.45) is 11.8 Å². The first-order valence-electron chi connectivity index (χ1n) is 14.7. The molecule has 0 radical (unpaired) electrons. The second-order valence-corrected chi connectivity index (χ2v) is 11.6. The van der Waals surface area contributed by atoms with Crippen LogP contribution in [0.3, 0.4) is 0 Å². The largest absolute Gasteiger partial charge is 0.351 e.